The monoisotopic (exact) mass is 227 g/mol. The smallest absolute Gasteiger partial charge is 0.137 e. The predicted molar refractivity (Wildman–Crippen MR) is 65.0 cm³/mol. The van der Waals surface area contributed by atoms with Crippen molar-refractivity contribution in [3.8, 4) is 5.75 Å². The highest BCUT2D eigenvalue weighted by molar-refractivity contribution is 6.32. The molecule has 0 amide bonds. The number of hydrogen-bond acceptors (Lipinski definition) is 2. The lowest BCUT2D eigenvalue weighted by molar-refractivity contribution is 0.414. The maximum atomic E-state index is 6.09. The lowest BCUT2D eigenvalue weighted by atomic mass is 9.96. The average Bonchev–Trinajstić information content (AvgIpc) is 2.25. The quantitative estimate of drug-likeness (QED) is 0.835. The molecule has 0 bridgehead atoms. The van der Waals surface area contributed by atoms with Crippen molar-refractivity contribution >= 4 is 11.6 Å². The summed E-state index contributed by atoms with van der Waals surface area (Å²) in [5, 5.41) is 3.88. The van der Waals surface area contributed by atoms with Crippen molar-refractivity contribution in [1.82, 2.24) is 5.32 Å². The van der Waals surface area contributed by atoms with Gasteiger partial charge in [-0.2, -0.15) is 0 Å². The highest BCUT2D eigenvalue weighted by Crippen LogP contribution is 2.29. The molecule has 0 aliphatic carbocycles. The van der Waals surface area contributed by atoms with Crippen LogP contribution in [0.15, 0.2) is 18.2 Å². The van der Waals surface area contributed by atoms with Crippen LogP contribution in [0.5, 0.6) is 5.75 Å². The minimum absolute atomic E-state index is 0.512. The van der Waals surface area contributed by atoms with Crippen LogP contribution in [0, 0.1) is 0 Å². The molecule has 84 valence electrons. The fourth-order valence-electron chi connectivity index (χ4n) is 1.68. The SMILES string of the molecule is CCC(CNC)c1ccc(OC)c(Cl)c1. The molecule has 0 saturated heterocycles. The first-order valence-corrected chi connectivity index (χ1v) is 5.58. The number of rotatable bonds is 5. The Kier molecular flexibility index (Phi) is 4.92. The van der Waals surface area contributed by atoms with E-state index in [1.807, 2.05) is 19.2 Å². The van der Waals surface area contributed by atoms with Gasteiger partial charge < -0.3 is 10.1 Å². The first-order valence-electron chi connectivity index (χ1n) is 5.21. The van der Waals surface area contributed by atoms with Crippen molar-refractivity contribution in [2.24, 2.45) is 0 Å². The van der Waals surface area contributed by atoms with Gasteiger partial charge in [-0.25, -0.2) is 0 Å². The zero-order chi connectivity index (χ0) is 11.3. The van der Waals surface area contributed by atoms with Crippen molar-refractivity contribution in [3.05, 3.63) is 28.8 Å². The van der Waals surface area contributed by atoms with Gasteiger partial charge in [-0.15, -0.1) is 0 Å². The lowest BCUT2D eigenvalue weighted by Crippen LogP contribution is -2.16. The van der Waals surface area contributed by atoms with E-state index in [0.717, 1.165) is 18.7 Å². The molecular weight excluding hydrogens is 210 g/mol. The Balaban J connectivity index is 2.89. The molecule has 0 aliphatic rings. The van der Waals surface area contributed by atoms with Crippen molar-refractivity contribution in [3.63, 3.8) is 0 Å². The Morgan fingerprint density at radius 3 is 2.67 bits per heavy atom. The van der Waals surface area contributed by atoms with Crippen molar-refractivity contribution in [1.29, 1.82) is 0 Å². The van der Waals surface area contributed by atoms with Crippen LogP contribution >= 0.6 is 11.6 Å². The van der Waals surface area contributed by atoms with E-state index in [1.165, 1.54) is 5.56 Å². The van der Waals surface area contributed by atoms with Crippen LogP contribution in [0.4, 0.5) is 0 Å². The van der Waals surface area contributed by atoms with Gasteiger partial charge in [-0.1, -0.05) is 24.6 Å². The minimum Gasteiger partial charge on any atom is -0.495 e. The summed E-state index contributed by atoms with van der Waals surface area (Å²) in [6.45, 7) is 3.15. The van der Waals surface area contributed by atoms with Crippen LogP contribution < -0.4 is 10.1 Å². The van der Waals surface area contributed by atoms with E-state index in [-0.39, 0.29) is 0 Å². The Morgan fingerprint density at radius 2 is 2.20 bits per heavy atom. The van der Waals surface area contributed by atoms with Gasteiger partial charge in [0.15, 0.2) is 0 Å². The Hall–Kier alpha value is -0.730. The molecule has 0 aliphatic heterocycles. The van der Waals surface area contributed by atoms with Crippen molar-refractivity contribution in [2.45, 2.75) is 19.3 Å². The molecule has 1 rings (SSSR count). The lowest BCUT2D eigenvalue weighted by Gasteiger charge is -2.15. The zero-order valence-electron chi connectivity index (χ0n) is 9.51. The van der Waals surface area contributed by atoms with Crippen LogP contribution in [-0.4, -0.2) is 20.7 Å². The molecule has 0 fully saturated rings. The summed E-state index contributed by atoms with van der Waals surface area (Å²) in [6, 6.07) is 6.00. The molecule has 0 spiro atoms. The fraction of sp³-hybridized carbons (Fsp3) is 0.500. The van der Waals surface area contributed by atoms with Gasteiger partial charge in [-0.3, -0.25) is 0 Å². The molecule has 0 heterocycles. The predicted octanol–water partition coefficient (Wildman–Crippen LogP) is 3.06. The standard InChI is InChI=1S/C12H18ClNO/c1-4-9(8-14-2)10-5-6-12(15-3)11(13)7-10/h5-7,9,14H,4,8H2,1-3H3. The van der Waals surface area contributed by atoms with Gasteiger partial charge in [-0.05, 0) is 37.1 Å². The normalized spacial score (nSPS) is 12.5. The number of nitrogens with one attached hydrogen (secondary N) is 1. The van der Waals surface area contributed by atoms with Gasteiger partial charge >= 0.3 is 0 Å². The molecular formula is C12H18ClNO. The highest BCUT2D eigenvalue weighted by atomic mass is 35.5. The summed E-state index contributed by atoms with van der Waals surface area (Å²) in [5.74, 6) is 1.25. The van der Waals surface area contributed by atoms with Gasteiger partial charge in [0.25, 0.3) is 0 Å². The van der Waals surface area contributed by atoms with Gasteiger partial charge in [0, 0.05) is 6.54 Å². The largest absolute Gasteiger partial charge is 0.495 e. The third-order valence-electron chi connectivity index (χ3n) is 2.59. The van der Waals surface area contributed by atoms with E-state index in [9.17, 15) is 0 Å². The number of likely N-dealkylation sites (N-methyl/N-ethyl adjacent to an activating group) is 1. The molecule has 1 aromatic carbocycles. The number of benzene rings is 1. The van der Waals surface area contributed by atoms with Gasteiger partial charge in [0.05, 0.1) is 12.1 Å². The Bertz CT molecular complexity index is 314. The maximum absolute atomic E-state index is 6.09. The van der Waals surface area contributed by atoms with E-state index in [2.05, 4.69) is 18.3 Å². The Morgan fingerprint density at radius 1 is 1.47 bits per heavy atom. The topological polar surface area (TPSA) is 21.3 Å². The summed E-state index contributed by atoms with van der Waals surface area (Å²) in [5.41, 5.74) is 1.26. The number of halogens is 1. The van der Waals surface area contributed by atoms with Crippen LogP contribution in [0.1, 0.15) is 24.8 Å². The van der Waals surface area contributed by atoms with E-state index in [4.69, 9.17) is 16.3 Å². The second-order valence-corrected chi connectivity index (χ2v) is 3.96. The number of methoxy groups -OCH3 is 1. The summed E-state index contributed by atoms with van der Waals surface area (Å²) < 4.78 is 5.13. The van der Waals surface area contributed by atoms with E-state index >= 15 is 0 Å². The summed E-state index contributed by atoms with van der Waals surface area (Å²) in [6.07, 6.45) is 1.10. The van der Waals surface area contributed by atoms with Gasteiger partial charge in [0.1, 0.15) is 5.75 Å². The van der Waals surface area contributed by atoms with E-state index in [1.54, 1.807) is 7.11 Å². The molecule has 0 aromatic heterocycles. The first kappa shape index (κ1) is 12.3. The van der Waals surface area contributed by atoms with E-state index < -0.39 is 0 Å². The molecule has 0 saturated carbocycles. The molecule has 3 heteroatoms. The average molecular weight is 228 g/mol. The number of hydrogen-bond donors (Lipinski definition) is 1. The van der Waals surface area contributed by atoms with Crippen molar-refractivity contribution < 1.29 is 4.74 Å². The highest BCUT2D eigenvalue weighted by Gasteiger charge is 2.10. The Labute approximate surface area is 96.6 Å². The minimum atomic E-state index is 0.512. The van der Waals surface area contributed by atoms with Crippen LogP contribution in [-0.2, 0) is 0 Å². The summed E-state index contributed by atoms with van der Waals surface area (Å²) in [7, 11) is 3.60. The molecule has 0 radical (unpaired) electrons. The molecule has 1 atom stereocenters. The second kappa shape index (κ2) is 5.99. The maximum Gasteiger partial charge on any atom is 0.137 e. The second-order valence-electron chi connectivity index (χ2n) is 3.56. The molecule has 1 aromatic rings. The van der Waals surface area contributed by atoms with Crippen LogP contribution in [0.2, 0.25) is 5.02 Å². The van der Waals surface area contributed by atoms with Crippen LogP contribution in [0.3, 0.4) is 0 Å². The van der Waals surface area contributed by atoms with Gasteiger partial charge in [0.2, 0.25) is 0 Å². The fourth-order valence-corrected chi connectivity index (χ4v) is 1.95. The van der Waals surface area contributed by atoms with Crippen LogP contribution in [0.25, 0.3) is 0 Å². The zero-order valence-corrected chi connectivity index (χ0v) is 10.3. The molecule has 1 unspecified atom stereocenters. The number of ether oxygens (including phenoxy) is 1. The first-order chi connectivity index (χ1) is 7.22. The third kappa shape index (κ3) is 3.11. The molecule has 2 nitrogen and oxygen atoms in total. The van der Waals surface area contributed by atoms with E-state index in [0.29, 0.717) is 10.9 Å². The van der Waals surface area contributed by atoms with Crippen molar-refractivity contribution in [2.75, 3.05) is 20.7 Å². The summed E-state index contributed by atoms with van der Waals surface area (Å²) in [4.78, 5) is 0. The molecule has 15 heavy (non-hydrogen) atoms. The summed E-state index contributed by atoms with van der Waals surface area (Å²) >= 11 is 6.09. The third-order valence-corrected chi connectivity index (χ3v) is 2.89. The molecule has 1 N–H and O–H groups in total.